The molecule has 1 heterocycles. The second-order valence-corrected chi connectivity index (χ2v) is 4.79. The quantitative estimate of drug-likeness (QED) is 0.596. The van der Waals surface area contributed by atoms with E-state index in [0.29, 0.717) is 22.3 Å². The molecule has 1 rings (SSSR count). The maximum Gasteiger partial charge on any atom is 0.230 e. The molecular weight excluding hydrogens is 252 g/mol. The molecule has 0 unspecified atom stereocenters. The summed E-state index contributed by atoms with van der Waals surface area (Å²) in [5, 5.41) is 6.39. The molecule has 18 heavy (non-hydrogen) atoms. The molecule has 2 N–H and O–H groups in total. The Morgan fingerprint density at radius 3 is 2.78 bits per heavy atom. The first kappa shape index (κ1) is 14.6. The third-order valence-corrected chi connectivity index (χ3v) is 2.97. The number of carbonyl (C=O) groups excluding carboxylic acids is 1. The highest BCUT2D eigenvalue weighted by molar-refractivity contribution is 8.00. The second kappa shape index (κ2) is 7.05. The van der Waals surface area contributed by atoms with Crippen LogP contribution in [0.5, 0.6) is 5.75 Å². The Balaban J connectivity index is 2.70. The zero-order valence-electron chi connectivity index (χ0n) is 11.0. The second-order valence-electron chi connectivity index (χ2n) is 3.82. The lowest BCUT2D eigenvalue weighted by Crippen LogP contribution is -2.31. The number of nitrogens with zero attached hydrogens (tertiary/aromatic N) is 2. The minimum Gasteiger partial charge on any atom is -0.490 e. The van der Waals surface area contributed by atoms with Gasteiger partial charge in [-0.2, -0.15) is 0 Å². The van der Waals surface area contributed by atoms with Crippen LogP contribution in [-0.4, -0.2) is 41.8 Å². The van der Waals surface area contributed by atoms with E-state index in [4.69, 9.17) is 4.74 Å². The maximum atomic E-state index is 11.5. The molecule has 100 valence electrons. The minimum absolute atomic E-state index is 0.0262. The highest BCUT2D eigenvalue weighted by Crippen LogP contribution is 2.31. The minimum atomic E-state index is -0.0262. The molecule has 7 heteroatoms. The number of ether oxygens (including phenoxy) is 1. The van der Waals surface area contributed by atoms with Gasteiger partial charge in [0.15, 0.2) is 11.6 Å². The average molecular weight is 270 g/mol. The zero-order chi connectivity index (χ0) is 13.5. The number of amides is 1. The summed E-state index contributed by atoms with van der Waals surface area (Å²) in [5.41, 5.74) is 0. The number of carbonyl (C=O) groups is 1. The van der Waals surface area contributed by atoms with Gasteiger partial charge in [0.05, 0.1) is 12.9 Å². The fraction of sp³-hybridized carbons (Fsp3) is 0.545. The van der Waals surface area contributed by atoms with Crippen LogP contribution < -0.4 is 15.4 Å². The van der Waals surface area contributed by atoms with Crippen molar-refractivity contribution in [2.24, 2.45) is 0 Å². The van der Waals surface area contributed by atoms with Gasteiger partial charge in [-0.1, -0.05) is 11.8 Å². The molecule has 6 nitrogen and oxygen atoms in total. The lowest BCUT2D eigenvalue weighted by atomic mass is 10.4. The normalized spacial score (nSPS) is 10.3. The van der Waals surface area contributed by atoms with Gasteiger partial charge in [-0.25, -0.2) is 9.97 Å². The molecule has 0 saturated heterocycles. The van der Waals surface area contributed by atoms with E-state index in [9.17, 15) is 4.79 Å². The number of hydrogen-bond acceptors (Lipinski definition) is 6. The van der Waals surface area contributed by atoms with Crippen LogP contribution in [0.4, 0.5) is 5.82 Å². The number of aromatic nitrogens is 2. The molecule has 1 aromatic rings. The monoisotopic (exact) mass is 270 g/mol. The van der Waals surface area contributed by atoms with Crippen LogP contribution in [-0.2, 0) is 4.79 Å². The van der Waals surface area contributed by atoms with Crippen LogP contribution in [0.25, 0.3) is 0 Å². The third-order valence-electron chi connectivity index (χ3n) is 2.00. The lowest BCUT2D eigenvalue weighted by molar-refractivity contribution is -0.119. The average Bonchev–Trinajstić information content (AvgIpc) is 2.34. The molecule has 0 aliphatic rings. The van der Waals surface area contributed by atoms with Crippen LogP contribution in [0.2, 0.25) is 0 Å². The third kappa shape index (κ3) is 4.06. The Morgan fingerprint density at radius 2 is 2.22 bits per heavy atom. The van der Waals surface area contributed by atoms with Crippen molar-refractivity contribution >= 4 is 23.5 Å². The standard InChI is InChI=1S/C11H18N4O2S/c1-7(2)15-8(16)5-18-11-9(17-4)10(12-3)13-6-14-11/h6-7H,5H2,1-4H3,(H,15,16)(H,12,13,14). The van der Waals surface area contributed by atoms with Crippen molar-refractivity contribution in [1.29, 1.82) is 0 Å². The van der Waals surface area contributed by atoms with E-state index in [1.165, 1.54) is 18.1 Å². The van der Waals surface area contributed by atoms with Crippen LogP contribution in [0.3, 0.4) is 0 Å². The largest absolute Gasteiger partial charge is 0.490 e. The van der Waals surface area contributed by atoms with Gasteiger partial charge in [0.2, 0.25) is 5.91 Å². The summed E-state index contributed by atoms with van der Waals surface area (Å²) in [6.45, 7) is 3.85. The van der Waals surface area contributed by atoms with Gasteiger partial charge in [-0.3, -0.25) is 4.79 Å². The molecule has 0 bridgehead atoms. The Morgan fingerprint density at radius 1 is 1.50 bits per heavy atom. The topological polar surface area (TPSA) is 76.1 Å². The van der Waals surface area contributed by atoms with Gasteiger partial charge in [0.25, 0.3) is 0 Å². The summed E-state index contributed by atoms with van der Waals surface area (Å²) >= 11 is 1.32. The summed E-state index contributed by atoms with van der Waals surface area (Å²) in [6.07, 6.45) is 1.44. The van der Waals surface area contributed by atoms with Gasteiger partial charge in [-0.05, 0) is 13.8 Å². The summed E-state index contributed by atoms with van der Waals surface area (Å²) < 4.78 is 5.24. The van der Waals surface area contributed by atoms with Crippen molar-refractivity contribution < 1.29 is 9.53 Å². The Hall–Kier alpha value is -1.50. The first-order valence-corrected chi connectivity index (χ1v) is 6.56. The van der Waals surface area contributed by atoms with Gasteiger partial charge in [0.1, 0.15) is 11.4 Å². The number of hydrogen-bond donors (Lipinski definition) is 2. The van der Waals surface area contributed by atoms with Crippen molar-refractivity contribution in [3.8, 4) is 5.75 Å². The fourth-order valence-corrected chi connectivity index (χ4v) is 2.10. The number of anilines is 1. The van der Waals surface area contributed by atoms with Crippen LogP contribution in [0.1, 0.15) is 13.8 Å². The van der Waals surface area contributed by atoms with E-state index in [1.54, 1.807) is 14.2 Å². The Labute approximate surface area is 111 Å². The molecule has 1 aromatic heterocycles. The molecule has 0 fully saturated rings. The van der Waals surface area contributed by atoms with Crippen LogP contribution >= 0.6 is 11.8 Å². The Bertz CT molecular complexity index is 412. The van der Waals surface area contributed by atoms with E-state index in [1.807, 2.05) is 13.8 Å². The number of methoxy groups -OCH3 is 1. The predicted octanol–water partition coefficient (Wildman–Crippen LogP) is 1.14. The number of rotatable bonds is 6. The van der Waals surface area contributed by atoms with Crippen molar-refractivity contribution in [2.45, 2.75) is 24.9 Å². The van der Waals surface area contributed by atoms with E-state index < -0.39 is 0 Å². The van der Waals surface area contributed by atoms with Crippen molar-refractivity contribution in [3.05, 3.63) is 6.33 Å². The maximum absolute atomic E-state index is 11.5. The molecule has 0 atom stereocenters. The summed E-state index contributed by atoms with van der Waals surface area (Å²) in [6, 6.07) is 0.137. The van der Waals surface area contributed by atoms with Gasteiger partial charge >= 0.3 is 0 Å². The number of thioether (sulfide) groups is 1. The van der Waals surface area contributed by atoms with Gasteiger partial charge in [0, 0.05) is 13.1 Å². The van der Waals surface area contributed by atoms with E-state index in [2.05, 4.69) is 20.6 Å². The summed E-state index contributed by atoms with van der Waals surface area (Å²) in [5.74, 6) is 1.44. The highest BCUT2D eigenvalue weighted by Gasteiger charge is 2.13. The van der Waals surface area contributed by atoms with Crippen LogP contribution in [0.15, 0.2) is 11.4 Å². The predicted molar refractivity (Wildman–Crippen MR) is 72.1 cm³/mol. The van der Waals surface area contributed by atoms with Crippen molar-refractivity contribution in [3.63, 3.8) is 0 Å². The van der Waals surface area contributed by atoms with E-state index in [-0.39, 0.29) is 11.9 Å². The fourth-order valence-electron chi connectivity index (χ4n) is 1.32. The Kier molecular flexibility index (Phi) is 5.70. The molecule has 0 aliphatic carbocycles. The molecule has 0 spiro atoms. The number of nitrogens with one attached hydrogen (secondary N) is 2. The lowest BCUT2D eigenvalue weighted by Gasteiger charge is -2.11. The van der Waals surface area contributed by atoms with E-state index >= 15 is 0 Å². The highest BCUT2D eigenvalue weighted by atomic mass is 32.2. The first-order valence-electron chi connectivity index (χ1n) is 5.57. The molecule has 0 aliphatic heterocycles. The van der Waals surface area contributed by atoms with Crippen molar-refractivity contribution in [2.75, 3.05) is 25.2 Å². The summed E-state index contributed by atoms with van der Waals surface area (Å²) in [4.78, 5) is 19.7. The zero-order valence-corrected chi connectivity index (χ0v) is 11.8. The van der Waals surface area contributed by atoms with Crippen LogP contribution in [0, 0.1) is 0 Å². The SMILES string of the molecule is CNc1ncnc(SCC(=O)NC(C)C)c1OC. The smallest absolute Gasteiger partial charge is 0.230 e. The van der Waals surface area contributed by atoms with Gasteiger partial charge in [-0.15, -0.1) is 0 Å². The molecule has 0 saturated carbocycles. The summed E-state index contributed by atoms with van der Waals surface area (Å²) in [7, 11) is 3.31. The van der Waals surface area contributed by atoms with Crippen molar-refractivity contribution in [1.82, 2.24) is 15.3 Å². The first-order chi connectivity index (χ1) is 8.58. The molecule has 0 radical (unpaired) electrons. The molecular formula is C11H18N4O2S. The molecule has 0 aromatic carbocycles. The van der Waals surface area contributed by atoms with E-state index in [0.717, 1.165) is 0 Å². The van der Waals surface area contributed by atoms with Gasteiger partial charge < -0.3 is 15.4 Å². The molecule has 1 amide bonds.